The van der Waals surface area contributed by atoms with Crippen molar-refractivity contribution in [1.82, 2.24) is 15.2 Å². The third-order valence-corrected chi connectivity index (χ3v) is 5.33. The molecule has 0 spiro atoms. The van der Waals surface area contributed by atoms with Gasteiger partial charge in [-0.15, -0.1) is 0 Å². The van der Waals surface area contributed by atoms with Crippen molar-refractivity contribution in [2.75, 3.05) is 18.0 Å². The predicted molar refractivity (Wildman–Crippen MR) is 104 cm³/mol. The van der Waals surface area contributed by atoms with Crippen molar-refractivity contribution in [2.24, 2.45) is 11.6 Å². The summed E-state index contributed by atoms with van der Waals surface area (Å²) in [5.41, 5.74) is 5.47. The molecule has 0 amide bonds. The Hall–Kier alpha value is -2.79. The number of H-pyrrole nitrogens is 1. The highest BCUT2D eigenvalue weighted by atomic mass is 35.5. The van der Waals surface area contributed by atoms with Crippen molar-refractivity contribution in [3.05, 3.63) is 68.1 Å². The van der Waals surface area contributed by atoms with Gasteiger partial charge in [0, 0.05) is 18.7 Å². The van der Waals surface area contributed by atoms with E-state index in [1.54, 1.807) is 4.90 Å². The molecule has 12 heteroatoms. The number of alkyl halides is 3. The topological polar surface area (TPSA) is 104 Å². The Labute approximate surface area is 173 Å². The Kier molecular flexibility index (Phi) is 5.95. The van der Waals surface area contributed by atoms with Gasteiger partial charge in [0.2, 0.25) is 0 Å². The lowest BCUT2D eigenvalue weighted by molar-refractivity contribution is -0.138. The number of halogens is 5. The number of hydrogen-bond donors (Lipinski definition) is 3. The maximum absolute atomic E-state index is 13.4. The van der Waals surface area contributed by atoms with Crippen molar-refractivity contribution in [2.45, 2.75) is 25.6 Å². The Morgan fingerprint density at radius 1 is 1.37 bits per heavy atom. The van der Waals surface area contributed by atoms with Gasteiger partial charge >= 0.3 is 6.18 Å². The van der Waals surface area contributed by atoms with E-state index in [2.05, 4.69) is 10.2 Å². The average Bonchev–Trinajstić information content (AvgIpc) is 2.68. The van der Waals surface area contributed by atoms with E-state index in [0.717, 1.165) is 17.1 Å². The molecule has 0 saturated carbocycles. The van der Waals surface area contributed by atoms with Crippen molar-refractivity contribution in [1.29, 1.82) is 0 Å². The van der Waals surface area contributed by atoms with Crippen LogP contribution in [0.5, 0.6) is 0 Å². The number of aromatic amines is 1. The third-order valence-electron chi connectivity index (χ3n) is 4.97. The van der Waals surface area contributed by atoms with Crippen molar-refractivity contribution in [3.63, 3.8) is 0 Å². The molecule has 1 aromatic heterocycles. The van der Waals surface area contributed by atoms with E-state index >= 15 is 0 Å². The first kappa shape index (κ1) is 21.9. The van der Waals surface area contributed by atoms with Crippen molar-refractivity contribution >= 4 is 17.3 Å². The first-order valence-electron chi connectivity index (χ1n) is 8.87. The first-order valence-corrected chi connectivity index (χ1v) is 9.24. The van der Waals surface area contributed by atoms with E-state index in [-0.39, 0.29) is 17.1 Å². The number of anilines is 1. The maximum Gasteiger partial charge on any atom is 0.416 e. The molecule has 3 rings (SSSR count). The van der Waals surface area contributed by atoms with Crippen LogP contribution >= 0.6 is 11.6 Å². The molecule has 0 radical (unpaired) electrons. The highest BCUT2D eigenvalue weighted by molar-refractivity contribution is 6.33. The zero-order valence-corrected chi connectivity index (χ0v) is 16.6. The summed E-state index contributed by atoms with van der Waals surface area (Å²) < 4.78 is 53.5. The fraction of sp³-hybridized carbons (Fsp3) is 0.333. The van der Waals surface area contributed by atoms with Crippen LogP contribution in [0.15, 0.2) is 40.6 Å². The number of hydrogen-bond acceptors (Lipinski definition) is 6. The molecular weight excluding hydrogens is 428 g/mol. The standard InChI is InChI=1S/C18H19ClF4N6O/c1-9(11-3-2-10(20)6-12(11)18(21,22)23)29(25)14-4-5-28(8-13(14)24)15-7-26-27-17(30)16(15)19/h2-3,6-7,9H,4-5,8,24-25H2,1H3,(H,27,30). The first-order chi connectivity index (χ1) is 14.0. The van der Waals surface area contributed by atoms with Crippen molar-refractivity contribution in [3.8, 4) is 0 Å². The summed E-state index contributed by atoms with van der Waals surface area (Å²) in [7, 11) is 0. The Bertz CT molecular complexity index is 1040. The molecule has 0 fully saturated rings. The van der Waals surface area contributed by atoms with E-state index < -0.39 is 29.2 Å². The summed E-state index contributed by atoms with van der Waals surface area (Å²) in [6, 6.07) is 1.54. The van der Waals surface area contributed by atoms with E-state index in [1.807, 2.05) is 0 Å². The number of nitrogens with one attached hydrogen (secondary N) is 1. The van der Waals surface area contributed by atoms with Gasteiger partial charge in [0.15, 0.2) is 0 Å². The molecular formula is C18H19ClF4N6O. The second kappa shape index (κ2) is 8.15. The van der Waals surface area contributed by atoms with Crippen LogP contribution in [-0.4, -0.2) is 28.3 Å². The monoisotopic (exact) mass is 446 g/mol. The summed E-state index contributed by atoms with van der Waals surface area (Å²) in [5, 5.41) is 7.05. The molecule has 2 heterocycles. The van der Waals surface area contributed by atoms with E-state index in [0.29, 0.717) is 36.1 Å². The van der Waals surface area contributed by atoms with Crippen LogP contribution in [0.25, 0.3) is 0 Å². The van der Waals surface area contributed by atoms with Crippen LogP contribution < -0.4 is 22.0 Å². The normalized spacial score (nSPS) is 16.0. The SMILES string of the molecule is CC(c1ccc(F)cc1C(F)(F)F)N(N)C1=C(N)CN(c2cn[nH]c(=O)c2Cl)CC1. The highest BCUT2D eigenvalue weighted by Gasteiger charge is 2.36. The third kappa shape index (κ3) is 4.21. The second-order valence-corrected chi connectivity index (χ2v) is 7.23. The van der Waals surface area contributed by atoms with Gasteiger partial charge in [0.1, 0.15) is 10.8 Å². The number of hydrazine groups is 1. The summed E-state index contributed by atoms with van der Waals surface area (Å²) >= 11 is 6.02. The molecule has 1 aliphatic rings. The molecule has 30 heavy (non-hydrogen) atoms. The van der Waals surface area contributed by atoms with E-state index in [4.69, 9.17) is 23.2 Å². The fourth-order valence-electron chi connectivity index (χ4n) is 3.39. The van der Waals surface area contributed by atoms with Crippen LogP contribution in [-0.2, 0) is 6.18 Å². The minimum Gasteiger partial charge on any atom is -0.399 e. The molecule has 162 valence electrons. The zero-order chi connectivity index (χ0) is 22.2. The van der Waals surface area contributed by atoms with Crippen LogP contribution in [0.2, 0.25) is 5.02 Å². The largest absolute Gasteiger partial charge is 0.416 e. The fourth-order valence-corrected chi connectivity index (χ4v) is 3.60. The van der Waals surface area contributed by atoms with E-state index in [9.17, 15) is 22.4 Å². The van der Waals surface area contributed by atoms with Crippen LogP contribution in [0.4, 0.5) is 23.2 Å². The van der Waals surface area contributed by atoms with Gasteiger partial charge < -0.3 is 15.6 Å². The van der Waals surface area contributed by atoms with Gasteiger partial charge in [0.05, 0.1) is 35.7 Å². The second-order valence-electron chi connectivity index (χ2n) is 6.85. The molecule has 0 saturated heterocycles. The summed E-state index contributed by atoms with van der Waals surface area (Å²) in [6.45, 7) is 1.99. The summed E-state index contributed by atoms with van der Waals surface area (Å²) in [6.07, 6.45) is -3.06. The van der Waals surface area contributed by atoms with Crippen molar-refractivity contribution < 1.29 is 17.6 Å². The zero-order valence-electron chi connectivity index (χ0n) is 15.8. The average molecular weight is 447 g/mol. The lowest BCUT2D eigenvalue weighted by Crippen LogP contribution is -2.43. The molecule has 5 N–H and O–H groups in total. The Morgan fingerprint density at radius 3 is 2.70 bits per heavy atom. The summed E-state index contributed by atoms with van der Waals surface area (Å²) in [4.78, 5) is 13.4. The number of aromatic nitrogens is 2. The lowest BCUT2D eigenvalue weighted by Gasteiger charge is -2.37. The van der Waals surface area contributed by atoms with Gasteiger partial charge in [-0.05, 0) is 24.6 Å². The van der Waals surface area contributed by atoms with E-state index in [1.165, 1.54) is 13.1 Å². The Morgan fingerprint density at radius 2 is 2.07 bits per heavy atom. The molecule has 0 aliphatic carbocycles. The number of nitrogens with zero attached hydrogens (tertiary/aromatic N) is 3. The molecule has 1 aromatic carbocycles. The van der Waals surface area contributed by atoms with Crippen LogP contribution in [0.3, 0.4) is 0 Å². The maximum atomic E-state index is 13.4. The Balaban J connectivity index is 1.88. The van der Waals surface area contributed by atoms with Crippen LogP contribution in [0, 0.1) is 5.82 Å². The smallest absolute Gasteiger partial charge is 0.399 e. The van der Waals surface area contributed by atoms with Gasteiger partial charge in [-0.2, -0.15) is 18.3 Å². The van der Waals surface area contributed by atoms with Gasteiger partial charge in [-0.25, -0.2) is 15.3 Å². The quantitative estimate of drug-likeness (QED) is 0.379. The molecule has 2 aromatic rings. The lowest BCUT2D eigenvalue weighted by atomic mass is 9.99. The number of nitrogens with two attached hydrogens (primary N) is 2. The number of rotatable bonds is 4. The van der Waals surface area contributed by atoms with Gasteiger partial charge in [-0.3, -0.25) is 4.79 Å². The van der Waals surface area contributed by atoms with Crippen LogP contribution in [0.1, 0.15) is 30.5 Å². The minimum absolute atomic E-state index is 0.0413. The molecule has 7 nitrogen and oxygen atoms in total. The molecule has 1 atom stereocenters. The minimum atomic E-state index is -4.74. The molecule has 0 bridgehead atoms. The predicted octanol–water partition coefficient (Wildman–Crippen LogP) is 2.90. The molecule has 1 unspecified atom stereocenters. The van der Waals surface area contributed by atoms with Gasteiger partial charge in [-0.1, -0.05) is 17.7 Å². The highest BCUT2D eigenvalue weighted by Crippen LogP contribution is 2.37. The molecule has 1 aliphatic heterocycles. The number of benzene rings is 1. The van der Waals surface area contributed by atoms with Gasteiger partial charge in [0.25, 0.3) is 5.56 Å². The summed E-state index contributed by atoms with van der Waals surface area (Å²) in [5.74, 6) is 5.14.